The number of imide groups is 1. The van der Waals surface area contributed by atoms with E-state index in [1.165, 1.54) is 0 Å². The molecule has 4 amide bonds. The third-order valence-corrected chi connectivity index (χ3v) is 5.05. The van der Waals surface area contributed by atoms with Gasteiger partial charge in [0.1, 0.15) is 17.8 Å². The van der Waals surface area contributed by atoms with Crippen LogP contribution in [-0.2, 0) is 22.6 Å². The first-order chi connectivity index (χ1) is 13.9. The molecule has 7 heteroatoms. The van der Waals surface area contributed by atoms with Gasteiger partial charge in [0.05, 0.1) is 7.11 Å². The van der Waals surface area contributed by atoms with Crippen molar-refractivity contribution in [3.63, 3.8) is 0 Å². The van der Waals surface area contributed by atoms with Crippen molar-refractivity contribution in [3.05, 3.63) is 65.7 Å². The van der Waals surface area contributed by atoms with E-state index >= 15 is 0 Å². The largest absolute Gasteiger partial charge is 0.497 e. The molecular formula is C22H25N3O4. The number of hydrogen-bond donors (Lipinski definition) is 2. The van der Waals surface area contributed by atoms with Crippen LogP contribution < -0.4 is 15.4 Å². The zero-order valence-corrected chi connectivity index (χ0v) is 16.6. The predicted octanol–water partition coefficient (Wildman–Crippen LogP) is 2.25. The van der Waals surface area contributed by atoms with Gasteiger partial charge in [-0.1, -0.05) is 42.5 Å². The molecule has 0 bridgehead atoms. The molecular weight excluding hydrogens is 370 g/mol. The van der Waals surface area contributed by atoms with Gasteiger partial charge in [-0.05, 0) is 43.0 Å². The van der Waals surface area contributed by atoms with Gasteiger partial charge in [0.15, 0.2) is 0 Å². The van der Waals surface area contributed by atoms with E-state index in [1.807, 2.05) is 42.5 Å². The second-order valence-electron chi connectivity index (χ2n) is 7.26. The number of carbonyl (C=O) groups excluding carboxylic acids is 3. The molecule has 1 fully saturated rings. The zero-order valence-electron chi connectivity index (χ0n) is 16.6. The predicted molar refractivity (Wildman–Crippen MR) is 108 cm³/mol. The molecule has 152 valence electrons. The molecule has 1 aliphatic rings. The molecule has 0 saturated carbocycles. The normalized spacial score (nSPS) is 18.5. The summed E-state index contributed by atoms with van der Waals surface area (Å²) in [6, 6.07) is 16.5. The summed E-state index contributed by atoms with van der Waals surface area (Å²) in [4.78, 5) is 38.3. The van der Waals surface area contributed by atoms with Crippen LogP contribution in [0.25, 0.3) is 0 Å². The van der Waals surface area contributed by atoms with Crippen molar-refractivity contribution in [2.75, 3.05) is 13.7 Å². The van der Waals surface area contributed by atoms with Gasteiger partial charge in [0.2, 0.25) is 5.91 Å². The molecule has 0 aromatic heterocycles. The highest BCUT2D eigenvalue weighted by molar-refractivity contribution is 6.08. The summed E-state index contributed by atoms with van der Waals surface area (Å²) in [7, 11) is 1.59. The van der Waals surface area contributed by atoms with Crippen LogP contribution in [0.5, 0.6) is 5.75 Å². The molecule has 1 heterocycles. The summed E-state index contributed by atoms with van der Waals surface area (Å²) in [5, 5.41) is 5.47. The van der Waals surface area contributed by atoms with Gasteiger partial charge in [-0.2, -0.15) is 0 Å². The maximum atomic E-state index is 12.8. The van der Waals surface area contributed by atoms with Crippen molar-refractivity contribution in [2.24, 2.45) is 0 Å². The molecule has 2 aromatic carbocycles. The topological polar surface area (TPSA) is 87.7 Å². The van der Waals surface area contributed by atoms with Gasteiger partial charge in [-0.3, -0.25) is 14.5 Å². The maximum Gasteiger partial charge on any atom is 0.325 e. The lowest BCUT2D eigenvalue weighted by molar-refractivity contribution is -0.134. The Morgan fingerprint density at radius 1 is 1.07 bits per heavy atom. The van der Waals surface area contributed by atoms with Crippen molar-refractivity contribution in [3.8, 4) is 5.75 Å². The van der Waals surface area contributed by atoms with Crippen LogP contribution in [-0.4, -0.2) is 41.9 Å². The summed E-state index contributed by atoms with van der Waals surface area (Å²) in [5.41, 5.74) is 0.971. The van der Waals surface area contributed by atoms with Gasteiger partial charge >= 0.3 is 6.03 Å². The Kier molecular flexibility index (Phi) is 6.16. The average molecular weight is 395 g/mol. The Morgan fingerprint density at radius 2 is 1.76 bits per heavy atom. The molecule has 1 saturated heterocycles. The van der Waals surface area contributed by atoms with Crippen molar-refractivity contribution in [1.29, 1.82) is 0 Å². The number of nitrogens with zero attached hydrogens (tertiary/aromatic N) is 1. The molecule has 3 rings (SSSR count). The van der Waals surface area contributed by atoms with Crippen LogP contribution in [0.3, 0.4) is 0 Å². The maximum absolute atomic E-state index is 12.8. The molecule has 7 nitrogen and oxygen atoms in total. The van der Waals surface area contributed by atoms with Crippen molar-refractivity contribution in [1.82, 2.24) is 15.5 Å². The first kappa shape index (κ1) is 20.4. The summed E-state index contributed by atoms with van der Waals surface area (Å²) in [5.74, 6) is -0.0381. The van der Waals surface area contributed by atoms with Crippen molar-refractivity contribution >= 4 is 17.8 Å². The first-order valence-electron chi connectivity index (χ1n) is 9.49. The van der Waals surface area contributed by atoms with E-state index in [4.69, 9.17) is 4.74 Å². The smallest absolute Gasteiger partial charge is 0.325 e. The van der Waals surface area contributed by atoms with Crippen LogP contribution >= 0.6 is 0 Å². The fourth-order valence-corrected chi connectivity index (χ4v) is 3.24. The summed E-state index contributed by atoms with van der Waals surface area (Å²) in [6.45, 7) is 1.70. The van der Waals surface area contributed by atoms with E-state index in [2.05, 4.69) is 10.6 Å². The minimum Gasteiger partial charge on any atom is -0.497 e. The fourth-order valence-electron chi connectivity index (χ4n) is 3.24. The molecule has 0 unspecified atom stereocenters. The highest BCUT2D eigenvalue weighted by atomic mass is 16.5. The molecule has 0 spiro atoms. The number of ether oxygens (including phenoxy) is 1. The minimum absolute atomic E-state index is 0.303. The molecule has 0 radical (unpaired) electrons. The van der Waals surface area contributed by atoms with Crippen LogP contribution in [0.1, 0.15) is 24.5 Å². The standard InChI is InChI=1S/C22H25N3O4/c1-22(13-12-16-6-4-3-5-7-16)20(27)25(21(28)24-22)15-19(26)23-14-17-8-10-18(29-2)11-9-17/h3-11H,12-15H2,1-2H3,(H,23,26)(H,24,28)/t22-/m1/s1. The van der Waals surface area contributed by atoms with Gasteiger partial charge in [0, 0.05) is 6.54 Å². The summed E-state index contributed by atoms with van der Waals surface area (Å²) >= 11 is 0. The highest BCUT2D eigenvalue weighted by Crippen LogP contribution is 2.23. The number of nitrogens with one attached hydrogen (secondary N) is 2. The SMILES string of the molecule is COc1ccc(CNC(=O)CN2C(=O)N[C@](C)(CCc3ccccc3)C2=O)cc1. The van der Waals surface area contributed by atoms with Gasteiger partial charge in [-0.15, -0.1) is 0 Å². The molecule has 2 aromatic rings. The quantitative estimate of drug-likeness (QED) is 0.671. The number of methoxy groups -OCH3 is 1. The second kappa shape index (κ2) is 8.77. The highest BCUT2D eigenvalue weighted by Gasteiger charge is 2.47. The van der Waals surface area contributed by atoms with Crippen molar-refractivity contribution < 1.29 is 19.1 Å². The van der Waals surface area contributed by atoms with Gasteiger partial charge < -0.3 is 15.4 Å². The summed E-state index contributed by atoms with van der Waals surface area (Å²) < 4.78 is 5.10. The number of aryl methyl sites for hydroxylation is 1. The number of hydrogen-bond acceptors (Lipinski definition) is 4. The van der Waals surface area contributed by atoms with Crippen LogP contribution in [0, 0.1) is 0 Å². The third-order valence-electron chi connectivity index (χ3n) is 5.05. The van der Waals surface area contributed by atoms with Gasteiger partial charge in [0.25, 0.3) is 5.91 Å². The summed E-state index contributed by atoms with van der Waals surface area (Å²) in [6.07, 6.45) is 1.12. The molecule has 29 heavy (non-hydrogen) atoms. The monoisotopic (exact) mass is 395 g/mol. The van der Waals surface area contributed by atoms with E-state index in [9.17, 15) is 14.4 Å². The molecule has 1 aliphatic heterocycles. The molecule has 2 N–H and O–H groups in total. The molecule has 0 aliphatic carbocycles. The van der Waals surface area contributed by atoms with E-state index in [-0.39, 0.29) is 12.5 Å². The Hall–Kier alpha value is -3.35. The van der Waals surface area contributed by atoms with Crippen molar-refractivity contribution in [2.45, 2.75) is 31.8 Å². The average Bonchev–Trinajstić information content (AvgIpc) is 2.95. The Balaban J connectivity index is 1.53. The van der Waals surface area contributed by atoms with Gasteiger partial charge in [-0.25, -0.2) is 4.79 Å². The lowest BCUT2D eigenvalue weighted by Gasteiger charge is -2.21. The second-order valence-corrected chi connectivity index (χ2v) is 7.26. The Bertz CT molecular complexity index is 883. The number of benzene rings is 2. The zero-order chi connectivity index (χ0) is 20.9. The van der Waals surface area contributed by atoms with E-state index in [0.717, 1.165) is 21.8 Å². The van der Waals surface area contributed by atoms with E-state index < -0.39 is 17.5 Å². The first-order valence-corrected chi connectivity index (χ1v) is 9.49. The van der Waals surface area contributed by atoms with E-state index in [1.54, 1.807) is 26.2 Å². The van der Waals surface area contributed by atoms with Crippen LogP contribution in [0.2, 0.25) is 0 Å². The van der Waals surface area contributed by atoms with E-state index in [0.29, 0.717) is 19.4 Å². The number of carbonyl (C=O) groups is 3. The van der Waals surface area contributed by atoms with Crippen LogP contribution in [0.15, 0.2) is 54.6 Å². The lowest BCUT2D eigenvalue weighted by Crippen LogP contribution is -2.45. The molecule has 1 atom stereocenters. The van der Waals surface area contributed by atoms with Crippen LogP contribution in [0.4, 0.5) is 4.79 Å². The fraction of sp³-hybridized carbons (Fsp3) is 0.318. The number of amides is 4. The lowest BCUT2D eigenvalue weighted by atomic mass is 9.93. The number of rotatable bonds is 8. The Morgan fingerprint density at radius 3 is 2.41 bits per heavy atom. The third kappa shape index (κ3) is 4.93. The Labute approximate surface area is 170 Å². The number of urea groups is 1. The minimum atomic E-state index is -1.01.